The van der Waals surface area contributed by atoms with Crippen LogP contribution in [0.15, 0.2) is 41.0 Å². The third-order valence-electron chi connectivity index (χ3n) is 3.09. The first-order valence-electron chi connectivity index (χ1n) is 5.95. The van der Waals surface area contributed by atoms with Crippen LogP contribution in [0.5, 0.6) is 0 Å². The summed E-state index contributed by atoms with van der Waals surface area (Å²) in [6.45, 7) is 0. The van der Waals surface area contributed by atoms with Crippen LogP contribution in [0.25, 0.3) is 22.2 Å². The number of rotatable bonds is 2. The van der Waals surface area contributed by atoms with Gasteiger partial charge in [-0.2, -0.15) is 13.2 Å². The van der Waals surface area contributed by atoms with E-state index < -0.39 is 16.7 Å². The molecule has 0 fully saturated rings. The Morgan fingerprint density at radius 2 is 1.82 bits per heavy atom. The summed E-state index contributed by atoms with van der Waals surface area (Å²) < 4.78 is 42.8. The zero-order valence-corrected chi connectivity index (χ0v) is 10.7. The Morgan fingerprint density at radius 1 is 1.09 bits per heavy atom. The summed E-state index contributed by atoms with van der Waals surface area (Å²) in [5.41, 5.74) is -0.744. The van der Waals surface area contributed by atoms with Gasteiger partial charge in [0, 0.05) is 11.6 Å². The van der Waals surface area contributed by atoms with Gasteiger partial charge in [0.05, 0.1) is 10.5 Å². The Balaban J connectivity index is 2.22. The van der Waals surface area contributed by atoms with E-state index in [2.05, 4.69) is 14.9 Å². The van der Waals surface area contributed by atoms with Gasteiger partial charge in [-0.05, 0) is 34.1 Å². The normalized spacial score (nSPS) is 11.8. The summed E-state index contributed by atoms with van der Waals surface area (Å²) in [5.74, 6) is 0. The average Bonchev–Trinajstić information content (AvgIpc) is 2.94. The van der Waals surface area contributed by atoms with Crippen molar-refractivity contribution < 1.29 is 22.7 Å². The molecule has 0 spiro atoms. The van der Waals surface area contributed by atoms with Crippen molar-refractivity contribution in [1.29, 1.82) is 0 Å². The van der Waals surface area contributed by atoms with E-state index in [0.717, 1.165) is 18.2 Å². The quantitative estimate of drug-likeness (QED) is 0.531. The van der Waals surface area contributed by atoms with Crippen molar-refractivity contribution in [2.75, 3.05) is 0 Å². The number of nitro groups is 1. The van der Waals surface area contributed by atoms with Crippen LogP contribution in [0, 0.1) is 10.1 Å². The van der Waals surface area contributed by atoms with Crippen LogP contribution < -0.4 is 0 Å². The number of hydrogen-bond acceptors (Lipinski definition) is 5. The molecule has 1 heterocycles. The lowest BCUT2D eigenvalue weighted by Gasteiger charge is -2.08. The van der Waals surface area contributed by atoms with Crippen molar-refractivity contribution in [3.05, 3.63) is 52.1 Å². The first kappa shape index (κ1) is 14.0. The molecule has 9 heteroatoms. The van der Waals surface area contributed by atoms with E-state index in [1.54, 1.807) is 0 Å². The van der Waals surface area contributed by atoms with Crippen LogP contribution in [0.2, 0.25) is 0 Å². The fourth-order valence-electron chi connectivity index (χ4n) is 2.10. The van der Waals surface area contributed by atoms with Gasteiger partial charge in [-0.15, -0.1) is 0 Å². The molecule has 0 atom stereocenters. The molecule has 0 aliphatic rings. The highest BCUT2D eigenvalue weighted by Gasteiger charge is 2.31. The van der Waals surface area contributed by atoms with Crippen molar-refractivity contribution in [2.45, 2.75) is 6.18 Å². The first-order valence-corrected chi connectivity index (χ1v) is 5.95. The van der Waals surface area contributed by atoms with E-state index in [1.807, 2.05) is 0 Å². The van der Waals surface area contributed by atoms with Gasteiger partial charge in [0.15, 0.2) is 0 Å². The highest BCUT2D eigenvalue weighted by Crippen LogP contribution is 2.35. The van der Waals surface area contributed by atoms with Crippen LogP contribution in [0.1, 0.15) is 5.56 Å². The molecule has 0 amide bonds. The molecule has 6 nitrogen and oxygen atoms in total. The molecule has 1 aromatic heterocycles. The number of nitro benzene ring substituents is 1. The van der Waals surface area contributed by atoms with Crippen molar-refractivity contribution in [1.82, 2.24) is 10.3 Å². The molecule has 0 saturated heterocycles. The second-order valence-corrected chi connectivity index (χ2v) is 4.43. The number of halogens is 3. The number of alkyl halides is 3. The third-order valence-corrected chi connectivity index (χ3v) is 3.09. The Labute approximate surface area is 120 Å². The van der Waals surface area contributed by atoms with Crippen LogP contribution in [0.3, 0.4) is 0 Å². The Hall–Kier alpha value is -2.97. The van der Waals surface area contributed by atoms with E-state index in [0.29, 0.717) is 0 Å². The van der Waals surface area contributed by atoms with Crippen molar-refractivity contribution in [3.8, 4) is 11.1 Å². The number of aromatic nitrogens is 2. The van der Waals surface area contributed by atoms with E-state index >= 15 is 0 Å². The standard InChI is InChI=1S/C13H6F3N3O3/c14-13(15,16)8-3-1-2-7(6-8)9-4-5-10(19(20)21)12-11(9)17-22-18-12/h1-6H. The molecule has 2 aromatic carbocycles. The topological polar surface area (TPSA) is 82.1 Å². The second-order valence-electron chi connectivity index (χ2n) is 4.43. The van der Waals surface area contributed by atoms with E-state index in [-0.39, 0.29) is 27.8 Å². The molecule has 0 aliphatic carbocycles. The van der Waals surface area contributed by atoms with Gasteiger partial charge < -0.3 is 0 Å². The van der Waals surface area contributed by atoms with Gasteiger partial charge in [-0.1, -0.05) is 12.1 Å². The average molecular weight is 309 g/mol. The van der Waals surface area contributed by atoms with Gasteiger partial charge in [0.25, 0.3) is 0 Å². The molecule has 3 rings (SSSR count). The summed E-state index contributed by atoms with van der Waals surface area (Å²) in [7, 11) is 0. The minimum Gasteiger partial charge on any atom is -0.258 e. The summed E-state index contributed by atoms with van der Waals surface area (Å²) in [6, 6.07) is 7.05. The molecule has 0 radical (unpaired) electrons. The maximum absolute atomic E-state index is 12.8. The van der Waals surface area contributed by atoms with Gasteiger partial charge in [-0.3, -0.25) is 10.1 Å². The SMILES string of the molecule is O=[N+]([O-])c1ccc(-c2cccc(C(F)(F)F)c2)c2nonc12. The molecule has 0 aliphatic heterocycles. The summed E-state index contributed by atoms with van der Waals surface area (Å²) in [6.07, 6.45) is -4.49. The molecule has 22 heavy (non-hydrogen) atoms. The first-order chi connectivity index (χ1) is 10.4. The molecule has 0 saturated carbocycles. The van der Waals surface area contributed by atoms with Gasteiger partial charge >= 0.3 is 11.9 Å². The van der Waals surface area contributed by atoms with Crippen LogP contribution in [-0.2, 0) is 6.18 Å². The monoisotopic (exact) mass is 309 g/mol. The van der Waals surface area contributed by atoms with Gasteiger partial charge in [-0.25, -0.2) is 4.63 Å². The lowest BCUT2D eigenvalue weighted by molar-refractivity contribution is -0.383. The minimum atomic E-state index is -4.49. The molecular formula is C13H6F3N3O3. The van der Waals surface area contributed by atoms with E-state index in [4.69, 9.17) is 0 Å². The van der Waals surface area contributed by atoms with Crippen LogP contribution in [-0.4, -0.2) is 15.2 Å². The van der Waals surface area contributed by atoms with Gasteiger partial charge in [0.1, 0.15) is 5.52 Å². The Kier molecular flexibility index (Phi) is 3.05. The third kappa shape index (κ3) is 2.26. The lowest BCUT2D eigenvalue weighted by Crippen LogP contribution is -2.04. The number of hydrogen-bond donors (Lipinski definition) is 0. The maximum Gasteiger partial charge on any atom is 0.416 e. The summed E-state index contributed by atoms with van der Waals surface area (Å²) in [5, 5.41) is 17.9. The Morgan fingerprint density at radius 3 is 2.50 bits per heavy atom. The van der Waals surface area contributed by atoms with E-state index in [1.165, 1.54) is 18.2 Å². The van der Waals surface area contributed by atoms with E-state index in [9.17, 15) is 23.3 Å². The second kappa shape index (κ2) is 4.79. The number of fused-ring (bicyclic) bond motifs is 1. The summed E-state index contributed by atoms with van der Waals surface area (Å²) in [4.78, 5) is 10.2. The lowest BCUT2D eigenvalue weighted by atomic mass is 10.0. The van der Waals surface area contributed by atoms with Crippen LogP contribution in [0.4, 0.5) is 18.9 Å². The predicted octanol–water partition coefficient (Wildman–Crippen LogP) is 3.82. The molecule has 0 bridgehead atoms. The number of nitrogens with zero attached hydrogens (tertiary/aromatic N) is 3. The fraction of sp³-hybridized carbons (Fsp3) is 0.0769. The summed E-state index contributed by atoms with van der Waals surface area (Å²) >= 11 is 0. The molecule has 0 N–H and O–H groups in total. The number of non-ortho nitro benzene ring substituents is 1. The van der Waals surface area contributed by atoms with Crippen molar-refractivity contribution in [3.63, 3.8) is 0 Å². The molecule has 0 unspecified atom stereocenters. The fourth-order valence-corrected chi connectivity index (χ4v) is 2.10. The molecule has 3 aromatic rings. The smallest absolute Gasteiger partial charge is 0.258 e. The van der Waals surface area contributed by atoms with Crippen molar-refractivity contribution in [2.24, 2.45) is 0 Å². The minimum absolute atomic E-state index is 0.0357. The highest BCUT2D eigenvalue weighted by atomic mass is 19.4. The maximum atomic E-state index is 12.8. The van der Waals surface area contributed by atoms with Crippen molar-refractivity contribution >= 4 is 16.7 Å². The molecule has 112 valence electrons. The highest BCUT2D eigenvalue weighted by molar-refractivity contribution is 5.96. The Bertz CT molecular complexity index is 874. The van der Waals surface area contributed by atoms with Crippen LogP contribution >= 0.6 is 0 Å². The zero-order valence-electron chi connectivity index (χ0n) is 10.7. The zero-order chi connectivity index (χ0) is 15.9. The van der Waals surface area contributed by atoms with Gasteiger partial charge in [0.2, 0.25) is 5.52 Å². The largest absolute Gasteiger partial charge is 0.416 e. The number of benzene rings is 2. The predicted molar refractivity (Wildman–Crippen MR) is 68.9 cm³/mol. The molecular weight excluding hydrogens is 303 g/mol.